The van der Waals surface area contributed by atoms with Crippen LogP contribution in [0, 0.1) is 11.8 Å². The van der Waals surface area contributed by atoms with Gasteiger partial charge in [-0.15, -0.1) is 0 Å². The highest BCUT2D eigenvalue weighted by Gasteiger charge is 2.34. The average molecular weight is 544 g/mol. The van der Waals surface area contributed by atoms with Crippen LogP contribution >= 0.6 is 10.8 Å². The Morgan fingerprint density at radius 1 is 1.14 bits per heavy atom. The van der Waals surface area contributed by atoms with E-state index in [2.05, 4.69) is 21.3 Å². The first-order valence-electron chi connectivity index (χ1n) is 12.2. The zero-order valence-electron chi connectivity index (χ0n) is 21.4. The van der Waals surface area contributed by atoms with Crippen LogP contribution in [0.4, 0.5) is 0 Å². The number of carbonyl (C=O) groups excluding carboxylic acids is 4. The quantitative estimate of drug-likeness (QED) is 0.0835. The molecule has 0 spiro atoms. The van der Waals surface area contributed by atoms with Crippen molar-refractivity contribution >= 4 is 45.3 Å². The van der Waals surface area contributed by atoms with Crippen molar-refractivity contribution in [3.05, 3.63) is 23.9 Å². The van der Waals surface area contributed by atoms with Crippen molar-refractivity contribution < 1.29 is 29.0 Å². The van der Waals surface area contributed by atoms with E-state index in [1.165, 1.54) is 6.08 Å². The van der Waals surface area contributed by atoms with Crippen molar-refractivity contribution in [2.75, 3.05) is 11.5 Å². The van der Waals surface area contributed by atoms with Gasteiger partial charge in [0.2, 0.25) is 11.8 Å². The molecule has 2 bridgehead atoms. The van der Waals surface area contributed by atoms with E-state index in [0.29, 0.717) is 12.2 Å². The van der Waals surface area contributed by atoms with Gasteiger partial charge in [-0.1, -0.05) is 39.8 Å². The van der Waals surface area contributed by atoms with E-state index >= 15 is 0 Å². The van der Waals surface area contributed by atoms with Crippen LogP contribution in [0.5, 0.6) is 0 Å². The minimum Gasteiger partial charge on any atom is -0.456 e. The van der Waals surface area contributed by atoms with Gasteiger partial charge in [-0.25, -0.2) is 4.79 Å². The number of aliphatic hydroxyl groups is 1. The van der Waals surface area contributed by atoms with Crippen LogP contribution in [-0.2, 0) is 34.7 Å². The lowest BCUT2D eigenvalue weighted by Crippen LogP contribution is -2.59. The van der Waals surface area contributed by atoms with Gasteiger partial charge in [0, 0.05) is 16.5 Å². The fourth-order valence-corrected chi connectivity index (χ4v) is 6.05. The van der Waals surface area contributed by atoms with E-state index < -0.39 is 54.1 Å². The molecular formula is C24H39N4O6S2+. The number of nitrogens with one attached hydrogen (secondary N) is 4. The van der Waals surface area contributed by atoms with Gasteiger partial charge in [0.1, 0.15) is 35.9 Å². The molecule has 5 N–H and O–H groups in total. The second-order valence-electron chi connectivity index (χ2n) is 9.43. The lowest BCUT2D eigenvalue weighted by Gasteiger charge is -2.31. The van der Waals surface area contributed by atoms with E-state index in [4.69, 9.17) is 4.74 Å². The molecule has 1 saturated heterocycles. The van der Waals surface area contributed by atoms with Crippen LogP contribution in [0.25, 0.3) is 0 Å². The second-order valence-corrected chi connectivity index (χ2v) is 12.3. The first-order chi connectivity index (χ1) is 17.0. The molecule has 36 heavy (non-hydrogen) atoms. The summed E-state index contributed by atoms with van der Waals surface area (Å²) in [6.45, 7) is 8.83. The van der Waals surface area contributed by atoms with Crippen LogP contribution < -0.4 is 21.3 Å². The number of allylic oxidation sites excluding steroid dienone is 2. The molecule has 12 heteroatoms. The molecule has 5 atom stereocenters. The Bertz CT molecular complexity index is 864. The lowest BCUT2D eigenvalue weighted by atomic mass is 10.0. The fraction of sp³-hybridized carbons (Fsp3) is 0.667. The number of rotatable bonds is 2. The molecule has 3 amide bonds. The molecule has 10 nitrogen and oxygen atoms in total. The molecule has 2 aliphatic heterocycles. The Kier molecular flexibility index (Phi) is 12.3. The zero-order chi connectivity index (χ0) is 26.8. The molecule has 2 aliphatic rings. The smallest absolute Gasteiger partial charge is 0.329 e. The Hall–Kier alpha value is -2.02. The summed E-state index contributed by atoms with van der Waals surface area (Å²) in [5.41, 5.74) is -0.00868. The molecule has 1 fully saturated rings. The standard InChI is InChI=1S/C24H38N4O6S2/c1-6-16-21(30)28-20(14(4)5)24(33)34-15-9-7-8-10-35-36-12-17(22(31)25-16)26-23(32)19(13(2)3)27-18(29)11-15/h6-7,9,13-15,17,19-20,23,26,32H,8,10-12H2,1-5H3,(H,25,31)(H,27,29)(H,28,30)/p+1/b9-7+,16-6-/t15-,17-,19-,20+,23?/m1/s1. The summed E-state index contributed by atoms with van der Waals surface area (Å²) >= 11 is 0. The first kappa shape index (κ1) is 30.2. The molecule has 0 radical (unpaired) electrons. The highest BCUT2D eigenvalue weighted by Crippen LogP contribution is 2.15. The van der Waals surface area contributed by atoms with Gasteiger partial charge in [-0.3, -0.25) is 19.7 Å². The van der Waals surface area contributed by atoms with Crippen molar-refractivity contribution in [2.45, 2.75) is 77.9 Å². The predicted molar refractivity (Wildman–Crippen MR) is 143 cm³/mol. The summed E-state index contributed by atoms with van der Waals surface area (Å²) in [6.07, 6.45) is 3.47. The number of hydrogen-bond acceptors (Lipinski definition) is 8. The van der Waals surface area contributed by atoms with Crippen molar-refractivity contribution in [2.24, 2.45) is 11.8 Å². The number of fused-ring (bicyclic) bond motifs is 7. The van der Waals surface area contributed by atoms with Crippen LogP contribution in [0.1, 0.15) is 47.5 Å². The van der Waals surface area contributed by atoms with E-state index in [9.17, 15) is 24.3 Å². The summed E-state index contributed by atoms with van der Waals surface area (Å²) in [4.78, 5) is 52.2. The van der Waals surface area contributed by atoms with Crippen molar-refractivity contribution in [1.82, 2.24) is 21.3 Å². The van der Waals surface area contributed by atoms with Crippen LogP contribution in [0.15, 0.2) is 23.9 Å². The third kappa shape index (κ3) is 9.13. The normalized spacial score (nSPS) is 31.9. The summed E-state index contributed by atoms with van der Waals surface area (Å²) in [6, 6.07) is -2.52. The van der Waals surface area contributed by atoms with E-state index in [0.717, 1.165) is 16.5 Å². The van der Waals surface area contributed by atoms with Crippen LogP contribution in [0.3, 0.4) is 0 Å². The molecule has 2 rings (SSSR count). The minimum absolute atomic E-state index is 0.00868. The summed E-state index contributed by atoms with van der Waals surface area (Å²) in [5, 5.41) is 22.0. The van der Waals surface area contributed by atoms with Crippen molar-refractivity contribution in [3.63, 3.8) is 0 Å². The van der Waals surface area contributed by atoms with Gasteiger partial charge in [-0.2, -0.15) is 0 Å². The molecule has 2 heterocycles. The maximum atomic E-state index is 13.2. The highest BCUT2D eigenvalue weighted by atomic mass is 33.1. The molecule has 0 saturated carbocycles. The van der Waals surface area contributed by atoms with Crippen molar-refractivity contribution in [1.29, 1.82) is 0 Å². The van der Waals surface area contributed by atoms with Gasteiger partial charge in [0.05, 0.1) is 23.3 Å². The number of ether oxygens (including phenoxy) is 1. The van der Waals surface area contributed by atoms with Gasteiger partial charge >= 0.3 is 5.97 Å². The maximum Gasteiger partial charge on any atom is 0.329 e. The SMILES string of the molecule is C/C=C1\NC(=O)[C@H]2C[SH+]SCC/C=C/[C@H](CC(=O)N[C@H](C(C)C)C(O)N2)OC(=O)[C@H](C(C)C)NC1=O. The Balaban J connectivity index is 2.54. The van der Waals surface area contributed by atoms with Gasteiger partial charge < -0.3 is 25.8 Å². The molecule has 0 aromatic rings. The molecular weight excluding hydrogens is 504 g/mol. The Morgan fingerprint density at radius 2 is 1.86 bits per heavy atom. The number of esters is 1. The number of carbonyl (C=O) groups is 4. The number of hydrogen-bond donors (Lipinski definition) is 5. The number of amides is 3. The van der Waals surface area contributed by atoms with Crippen molar-refractivity contribution in [3.8, 4) is 0 Å². The number of aliphatic hydroxyl groups excluding tert-OH is 1. The van der Waals surface area contributed by atoms with Gasteiger partial charge in [0.15, 0.2) is 0 Å². The van der Waals surface area contributed by atoms with E-state index in [1.54, 1.807) is 37.6 Å². The molecule has 0 aliphatic carbocycles. The minimum atomic E-state index is -1.23. The largest absolute Gasteiger partial charge is 0.456 e. The molecule has 1 unspecified atom stereocenters. The fourth-order valence-electron chi connectivity index (χ4n) is 3.69. The van der Waals surface area contributed by atoms with E-state index in [1.807, 2.05) is 19.9 Å². The second kappa shape index (κ2) is 14.7. The zero-order valence-corrected chi connectivity index (χ0v) is 23.2. The third-order valence-corrected chi connectivity index (χ3v) is 8.46. The summed E-state index contributed by atoms with van der Waals surface area (Å²) < 4.78 is 5.68. The third-order valence-electron chi connectivity index (χ3n) is 5.80. The summed E-state index contributed by atoms with van der Waals surface area (Å²) in [5.74, 6) is -1.56. The maximum absolute atomic E-state index is 13.2. The first-order valence-corrected chi connectivity index (χ1v) is 14.9. The van der Waals surface area contributed by atoms with Crippen LogP contribution in [-0.4, -0.2) is 70.8 Å². The van der Waals surface area contributed by atoms with E-state index in [-0.39, 0.29) is 24.0 Å². The molecule has 0 aromatic heterocycles. The Labute approximate surface area is 220 Å². The molecule has 202 valence electrons. The van der Waals surface area contributed by atoms with Gasteiger partial charge in [0.25, 0.3) is 5.91 Å². The molecule has 0 aromatic carbocycles. The van der Waals surface area contributed by atoms with Crippen LogP contribution in [0.2, 0.25) is 0 Å². The van der Waals surface area contributed by atoms with Gasteiger partial charge in [-0.05, 0) is 31.3 Å². The summed E-state index contributed by atoms with van der Waals surface area (Å²) in [7, 11) is 2.52. The monoisotopic (exact) mass is 543 g/mol. The average Bonchev–Trinajstić information content (AvgIpc) is 2.81. The lowest BCUT2D eigenvalue weighted by molar-refractivity contribution is -0.153. The number of thiol groups is 1. The predicted octanol–water partition coefficient (Wildman–Crippen LogP) is 0.303. The topological polar surface area (TPSA) is 146 Å². The Morgan fingerprint density at radius 3 is 2.50 bits per heavy atom. The highest BCUT2D eigenvalue weighted by molar-refractivity contribution is 8.66.